The number of benzene rings is 1. The highest BCUT2D eigenvalue weighted by atomic mass is 19.1. The van der Waals surface area contributed by atoms with Crippen molar-refractivity contribution in [2.24, 2.45) is 0 Å². The maximum absolute atomic E-state index is 13.7. The lowest BCUT2D eigenvalue weighted by atomic mass is 10.0. The Bertz CT molecular complexity index is 1070. The van der Waals surface area contributed by atoms with Crippen LogP contribution in [0.3, 0.4) is 0 Å². The lowest BCUT2D eigenvalue weighted by Gasteiger charge is -2.25. The Morgan fingerprint density at radius 2 is 2.07 bits per heavy atom. The third-order valence-corrected chi connectivity index (χ3v) is 5.63. The molecule has 1 N–H and O–H groups in total. The monoisotopic (exact) mass is 409 g/mol. The average Bonchev–Trinajstić information content (AvgIpc) is 3.45. The molecule has 0 saturated heterocycles. The minimum atomic E-state index is -0.281. The number of carbonyl (C=O) groups excluding carboxylic acids is 1. The number of hydrogen-bond acceptors (Lipinski definition) is 4. The summed E-state index contributed by atoms with van der Waals surface area (Å²) in [6.07, 6.45) is 3.94. The van der Waals surface area contributed by atoms with Crippen LogP contribution in [-0.4, -0.2) is 46.2 Å². The fourth-order valence-corrected chi connectivity index (χ4v) is 3.79. The zero-order valence-electron chi connectivity index (χ0n) is 17.9. The lowest BCUT2D eigenvalue weighted by Crippen LogP contribution is -2.34. The van der Waals surface area contributed by atoms with Gasteiger partial charge in [0.25, 0.3) is 5.91 Å². The van der Waals surface area contributed by atoms with Gasteiger partial charge in [0.2, 0.25) is 0 Å². The summed E-state index contributed by atoms with van der Waals surface area (Å²) in [7, 11) is 3.84. The largest absolute Gasteiger partial charge is 0.350 e. The number of hydrogen-bond donors (Lipinski definition) is 1. The van der Waals surface area contributed by atoms with Gasteiger partial charge in [-0.2, -0.15) is 5.10 Å². The number of aromatic nitrogens is 3. The Hall–Kier alpha value is -2.80. The molecule has 3 aromatic rings. The van der Waals surface area contributed by atoms with Gasteiger partial charge in [0.15, 0.2) is 5.65 Å². The average molecular weight is 410 g/mol. The molecule has 1 saturated carbocycles. The summed E-state index contributed by atoms with van der Waals surface area (Å²) in [4.78, 5) is 20.0. The molecule has 1 fully saturated rings. The van der Waals surface area contributed by atoms with Gasteiger partial charge < -0.3 is 10.2 Å². The van der Waals surface area contributed by atoms with Gasteiger partial charge in [-0.25, -0.2) is 14.1 Å². The van der Waals surface area contributed by atoms with Gasteiger partial charge in [-0.05, 0) is 64.5 Å². The summed E-state index contributed by atoms with van der Waals surface area (Å²) < 4.78 is 15.6. The molecule has 1 unspecified atom stereocenters. The maximum Gasteiger partial charge on any atom is 0.252 e. The van der Waals surface area contributed by atoms with Crippen molar-refractivity contribution in [2.75, 3.05) is 20.6 Å². The Morgan fingerprint density at radius 3 is 2.70 bits per heavy atom. The number of rotatable bonds is 7. The van der Waals surface area contributed by atoms with Gasteiger partial charge in [-0.3, -0.25) is 4.79 Å². The third-order valence-electron chi connectivity index (χ3n) is 5.63. The van der Waals surface area contributed by atoms with E-state index in [1.807, 2.05) is 35.8 Å². The molecule has 1 atom stereocenters. The first-order valence-corrected chi connectivity index (χ1v) is 10.4. The number of nitrogens with zero attached hydrogens (tertiary/aromatic N) is 4. The zero-order chi connectivity index (χ0) is 21.4. The first kappa shape index (κ1) is 20.5. The van der Waals surface area contributed by atoms with Gasteiger partial charge in [-0.1, -0.05) is 12.1 Å². The molecule has 1 aliphatic rings. The highest BCUT2D eigenvalue weighted by Gasteiger charge is 2.28. The maximum atomic E-state index is 13.7. The number of amides is 1. The van der Waals surface area contributed by atoms with Crippen LogP contribution in [0.1, 0.15) is 66.3 Å². The van der Waals surface area contributed by atoms with Crippen LogP contribution in [0, 0.1) is 5.82 Å². The van der Waals surface area contributed by atoms with Crippen molar-refractivity contribution in [3.63, 3.8) is 0 Å². The minimum absolute atomic E-state index is 0.136. The number of fused-ring (bicyclic) bond motifs is 1. The summed E-state index contributed by atoms with van der Waals surface area (Å²) in [6, 6.07) is 8.44. The van der Waals surface area contributed by atoms with E-state index in [0.29, 0.717) is 18.0 Å². The fraction of sp³-hybridized carbons (Fsp3) is 0.435. The van der Waals surface area contributed by atoms with E-state index in [-0.39, 0.29) is 23.8 Å². The summed E-state index contributed by atoms with van der Waals surface area (Å²) in [5, 5.41) is 8.27. The van der Waals surface area contributed by atoms with Gasteiger partial charge >= 0.3 is 0 Å². The second kappa shape index (κ2) is 8.14. The van der Waals surface area contributed by atoms with Gasteiger partial charge in [0, 0.05) is 24.2 Å². The molecule has 30 heavy (non-hydrogen) atoms. The molecule has 1 amide bonds. The van der Waals surface area contributed by atoms with E-state index in [0.717, 1.165) is 35.1 Å². The van der Waals surface area contributed by atoms with Crippen LogP contribution in [0.4, 0.5) is 4.39 Å². The summed E-state index contributed by atoms with van der Waals surface area (Å²) in [5.74, 6) is -0.00849. The molecular weight excluding hydrogens is 381 g/mol. The van der Waals surface area contributed by atoms with Crippen molar-refractivity contribution in [3.8, 4) is 0 Å². The molecule has 0 bridgehead atoms. The van der Waals surface area contributed by atoms with E-state index < -0.39 is 0 Å². The number of halogens is 1. The van der Waals surface area contributed by atoms with E-state index in [2.05, 4.69) is 24.3 Å². The lowest BCUT2D eigenvalue weighted by molar-refractivity contribution is 0.0943. The summed E-state index contributed by atoms with van der Waals surface area (Å²) in [5.41, 5.74) is 3.15. The Balaban J connectivity index is 1.62. The number of carbonyl (C=O) groups is 1. The van der Waals surface area contributed by atoms with E-state index in [4.69, 9.17) is 4.98 Å². The second-order valence-corrected chi connectivity index (χ2v) is 8.53. The molecule has 4 rings (SSSR count). The molecule has 0 aliphatic heterocycles. The standard InChI is InChI=1S/C23H28FN5O/c1-14(2)29-22-19(12-26-29)18(11-20(27-22)15-8-9-15)23(30)25-13-21(28(3)4)16-6-5-7-17(24)10-16/h5-7,10-12,14-15,21H,8-9,13H2,1-4H3,(H,25,30). The molecule has 158 valence electrons. The summed E-state index contributed by atoms with van der Waals surface area (Å²) in [6.45, 7) is 4.48. The van der Waals surface area contributed by atoms with Crippen LogP contribution in [0.2, 0.25) is 0 Å². The van der Waals surface area contributed by atoms with E-state index in [1.54, 1.807) is 12.3 Å². The first-order valence-electron chi connectivity index (χ1n) is 10.4. The van der Waals surface area contributed by atoms with Crippen LogP contribution < -0.4 is 5.32 Å². The Morgan fingerprint density at radius 1 is 1.30 bits per heavy atom. The first-order chi connectivity index (χ1) is 14.3. The number of nitrogens with one attached hydrogen (secondary N) is 1. The van der Waals surface area contributed by atoms with E-state index in [1.165, 1.54) is 12.1 Å². The Kier molecular flexibility index (Phi) is 5.56. The third kappa shape index (κ3) is 4.07. The predicted molar refractivity (Wildman–Crippen MR) is 115 cm³/mol. The van der Waals surface area contributed by atoms with Gasteiger partial charge in [0.05, 0.1) is 23.2 Å². The fourth-order valence-electron chi connectivity index (χ4n) is 3.79. The van der Waals surface area contributed by atoms with E-state index >= 15 is 0 Å². The van der Waals surface area contributed by atoms with Crippen LogP contribution in [0.5, 0.6) is 0 Å². The molecule has 2 heterocycles. The molecule has 1 aliphatic carbocycles. The van der Waals surface area contributed by atoms with Crippen LogP contribution in [0.25, 0.3) is 11.0 Å². The zero-order valence-corrected chi connectivity index (χ0v) is 17.9. The minimum Gasteiger partial charge on any atom is -0.350 e. The van der Waals surface area contributed by atoms with Crippen molar-refractivity contribution in [1.82, 2.24) is 25.0 Å². The number of pyridine rings is 1. The van der Waals surface area contributed by atoms with Crippen molar-refractivity contribution in [2.45, 2.75) is 44.7 Å². The second-order valence-electron chi connectivity index (χ2n) is 8.53. The molecule has 1 aromatic carbocycles. The smallest absolute Gasteiger partial charge is 0.252 e. The molecule has 0 radical (unpaired) electrons. The highest BCUT2D eigenvalue weighted by Crippen LogP contribution is 2.40. The quantitative estimate of drug-likeness (QED) is 0.639. The molecule has 0 spiro atoms. The molecule has 7 heteroatoms. The SMILES string of the molecule is CC(C)n1ncc2c(C(=O)NCC(c3cccc(F)c3)N(C)C)cc(C3CC3)nc21. The summed E-state index contributed by atoms with van der Waals surface area (Å²) >= 11 is 0. The van der Waals surface area contributed by atoms with Gasteiger partial charge in [0.1, 0.15) is 5.82 Å². The highest BCUT2D eigenvalue weighted by molar-refractivity contribution is 6.05. The van der Waals surface area contributed by atoms with Crippen molar-refractivity contribution >= 4 is 16.9 Å². The number of likely N-dealkylation sites (N-methyl/N-ethyl adjacent to an activating group) is 1. The van der Waals surface area contributed by atoms with Crippen LogP contribution >= 0.6 is 0 Å². The van der Waals surface area contributed by atoms with Gasteiger partial charge in [-0.15, -0.1) is 0 Å². The van der Waals surface area contributed by atoms with Crippen molar-refractivity contribution in [1.29, 1.82) is 0 Å². The molecule has 6 nitrogen and oxygen atoms in total. The molecular formula is C23H28FN5O. The normalized spacial score (nSPS) is 15.2. The van der Waals surface area contributed by atoms with Crippen LogP contribution in [0.15, 0.2) is 36.5 Å². The predicted octanol–water partition coefficient (Wildman–Crippen LogP) is 4.06. The topological polar surface area (TPSA) is 63.1 Å². The molecule has 2 aromatic heterocycles. The van der Waals surface area contributed by atoms with Crippen molar-refractivity contribution in [3.05, 3.63) is 59.2 Å². The Labute approximate surface area is 176 Å². The van der Waals surface area contributed by atoms with Crippen molar-refractivity contribution < 1.29 is 9.18 Å². The van der Waals surface area contributed by atoms with Crippen LogP contribution in [-0.2, 0) is 0 Å². The van der Waals surface area contributed by atoms with E-state index in [9.17, 15) is 9.18 Å².